The Labute approximate surface area is 135 Å². The molecule has 9 nitrogen and oxygen atoms in total. The van der Waals surface area contributed by atoms with Gasteiger partial charge >= 0.3 is 13.1 Å². The number of rotatable bonds is 4. The van der Waals surface area contributed by atoms with Gasteiger partial charge in [-0.05, 0) is 19.7 Å². The van der Waals surface area contributed by atoms with E-state index in [0.717, 1.165) is 6.42 Å². The maximum Gasteiger partial charge on any atom is 0.527 e. The summed E-state index contributed by atoms with van der Waals surface area (Å²) in [7, 11) is -0.637. The second kappa shape index (κ2) is 6.74. The van der Waals surface area contributed by atoms with Crippen molar-refractivity contribution in [2.45, 2.75) is 37.3 Å². The Morgan fingerprint density at radius 2 is 2.35 bits per heavy atom. The van der Waals surface area contributed by atoms with E-state index in [1.165, 1.54) is 4.90 Å². The molecule has 2 fully saturated rings. The molecule has 10 heteroatoms. The summed E-state index contributed by atoms with van der Waals surface area (Å²) in [6.07, 6.45) is 1.93. The first-order valence-electron chi connectivity index (χ1n) is 7.77. The molecule has 0 bridgehead atoms. The smallest absolute Gasteiger partial charge is 0.508 e. The Bertz CT molecular complexity index is 477. The number of hydrogen-bond acceptors (Lipinski definition) is 8. The van der Waals surface area contributed by atoms with Crippen molar-refractivity contribution in [3.8, 4) is 0 Å². The van der Waals surface area contributed by atoms with Gasteiger partial charge in [0.2, 0.25) is 5.72 Å². The fraction of sp³-hybridized carbons (Fsp3) is 0.846. The Morgan fingerprint density at radius 3 is 2.96 bits per heavy atom. The van der Waals surface area contributed by atoms with E-state index in [1.807, 2.05) is 0 Å². The standard InChI is InChI=1S/C13H24BN3O6/c1-2-22-14-5-3-4-9-6-17(10(19)13(16,21)8-18)7-12(9,15)11(20)23-14/h9,18,21H,2-8,15-16H2,1H3/t9?,12-,13-/m0/s1. The molecule has 0 saturated carbocycles. The van der Waals surface area contributed by atoms with E-state index in [2.05, 4.69) is 0 Å². The van der Waals surface area contributed by atoms with E-state index in [-0.39, 0.29) is 19.0 Å². The predicted octanol–water partition coefficient (Wildman–Crippen LogP) is -2.36. The lowest BCUT2D eigenvalue weighted by Gasteiger charge is -2.31. The summed E-state index contributed by atoms with van der Waals surface area (Å²) < 4.78 is 10.7. The summed E-state index contributed by atoms with van der Waals surface area (Å²) in [5, 5.41) is 18.7. The van der Waals surface area contributed by atoms with Crippen LogP contribution in [0.15, 0.2) is 0 Å². The third-order valence-electron chi connectivity index (χ3n) is 4.48. The number of fused-ring (bicyclic) bond motifs is 1. The van der Waals surface area contributed by atoms with Crippen LogP contribution in [-0.4, -0.2) is 71.7 Å². The molecule has 0 aromatic carbocycles. The van der Waals surface area contributed by atoms with Crippen LogP contribution >= 0.6 is 0 Å². The largest absolute Gasteiger partial charge is 0.527 e. The van der Waals surface area contributed by atoms with Crippen molar-refractivity contribution in [2.75, 3.05) is 26.3 Å². The highest BCUT2D eigenvalue weighted by atomic mass is 16.6. The molecule has 0 radical (unpaired) electrons. The highest BCUT2D eigenvalue weighted by Crippen LogP contribution is 2.34. The third kappa shape index (κ3) is 3.51. The topological polar surface area (TPSA) is 148 Å². The zero-order valence-electron chi connectivity index (χ0n) is 13.2. The lowest BCUT2D eigenvalue weighted by molar-refractivity contribution is -0.154. The van der Waals surface area contributed by atoms with E-state index in [4.69, 9.17) is 25.9 Å². The van der Waals surface area contributed by atoms with Crippen LogP contribution in [0.1, 0.15) is 19.8 Å². The second-order valence-corrected chi connectivity index (χ2v) is 6.23. The molecule has 1 amide bonds. The monoisotopic (exact) mass is 329 g/mol. The summed E-state index contributed by atoms with van der Waals surface area (Å²) in [6.45, 7) is 1.37. The van der Waals surface area contributed by atoms with E-state index < -0.39 is 36.9 Å². The number of carbonyl (C=O) groups is 2. The fourth-order valence-electron chi connectivity index (χ4n) is 3.14. The van der Waals surface area contributed by atoms with Crippen LogP contribution in [-0.2, 0) is 18.9 Å². The molecule has 2 aliphatic heterocycles. The average molecular weight is 329 g/mol. The van der Waals surface area contributed by atoms with Gasteiger partial charge in [0.15, 0.2) is 0 Å². The average Bonchev–Trinajstić information content (AvgIpc) is 2.83. The minimum absolute atomic E-state index is 0.117. The number of likely N-dealkylation sites (tertiary alicyclic amines) is 1. The van der Waals surface area contributed by atoms with Gasteiger partial charge in [-0.15, -0.1) is 0 Å². The lowest BCUT2D eigenvalue weighted by atomic mass is 9.74. The Morgan fingerprint density at radius 1 is 1.65 bits per heavy atom. The molecule has 6 N–H and O–H groups in total. The van der Waals surface area contributed by atoms with Gasteiger partial charge in [-0.3, -0.25) is 15.3 Å². The van der Waals surface area contributed by atoms with Crippen LogP contribution in [0.3, 0.4) is 0 Å². The second-order valence-electron chi connectivity index (χ2n) is 6.23. The molecule has 0 aliphatic carbocycles. The van der Waals surface area contributed by atoms with Crippen molar-refractivity contribution < 1.29 is 29.1 Å². The van der Waals surface area contributed by atoms with Gasteiger partial charge in [0, 0.05) is 25.6 Å². The minimum atomic E-state index is -2.38. The van der Waals surface area contributed by atoms with Gasteiger partial charge in [-0.2, -0.15) is 0 Å². The number of nitrogens with zero attached hydrogens (tertiary/aromatic N) is 1. The molecule has 0 aromatic rings. The van der Waals surface area contributed by atoms with Gasteiger partial charge in [0.1, 0.15) is 5.54 Å². The fourth-order valence-corrected chi connectivity index (χ4v) is 3.14. The number of aliphatic hydroxyl groups is 2. The maximum absolute atomic E-state index is 12.4. The lowest BCUT2D eigenvalue weighted by Crippen LogP contribution is -2.60. The SMILES string of the molecule is CCOB1CCCC2CN(C(=O)[C@@](N)(O)CO)C[C@@]2(N)C(=O)O1. The number of hydrogen-bond donors (Lipinski definition) is 4. The summed E-state index contributed by atoms with van der Waals surface area (Å²) in [5.74, 6) is -1.78. The van der Waals surface area contributed by atoms with Crippen LogP contribution < -0.4 is 11.5 Å². The van der Waals surface area contributed by atoms with Crippen LogP contribution in [0, 0.1) is 5.92 Å². The van der Waals surface area contributed by atoms with Gasteiger partial charge in [0.05, 0.1) is 6.61 Å². The predicted molar refractivity (Wildman–Crippen MR) is 80.7 cm³/mol. The number of amides is 1. The summed E-state index contributed by atoms with van der Waals surface area (Å²) >= 11 is 0. The molecule has 130 valence electrons. The van der Waals surface area contributed by atoms with Crippen molar-refractivity contribution in [3.05, 3.63) is 0 Å². The van der Waals surface area contributed by atoms with E-state index in [9.17, 15) is 14.7 Å². The zero-order valence-corrected chi connectivity index (χ0v) is 13.2. The Hall–Kier alpha value is -1.20. The molecular weight excluding hydrogens is 305 g/mol. The Balaban J connectivity index is 2.15. The molecule has 3 atom stereocenters. The molecular formula is C13H24BN3O6. The van der Waals surface area contributed by atoms with Crippen molar-refractivity contribution in [3.63, 3.8) is 0 Å². The third-order valence-corrected chi connectivity index (χ3v) is 4.48. The molecule has 0 aromatic heterocycles. The van der Waals surface area contributed by atoms with Gasteiger partial charge in [0.25, 0.3) is 5.91 Å². The van der Waals surface area contributed by atoms with E-state index in [1.54, 1.807) is 6.92 Å². The zero-order chi connectivity index (χ0) is 17.3. The van der Waals surface area contributed by atoms with E-state index in [0.29, 0.717) is 19.3 Å². The Kier molecular flexibility index (Phi) is 5.32. The maximum atomic E-state index is 12.4. The van der Waals surface area contributed by atoms with Crippen LogP contribution in [0.5, 0.6) is 0 Å². The van der Waals surface area contributed by atoms with Crippen molar-refractivity contribution >= 4 is 19.0 Å². The highest BCUT2D eigenvalue weighted by Gasteiger charge is 2.54. The highest BCUT2D eigenvalue weighted by molar-refractivity contribution is 6.47. The van der Waals surface area contributed by atoms with Gasteiger partial charge < -0.3 is 30.2 Å². The van der Waals surface area contributed by atoms with Crippen molar-refractivity contribution in [1.29, 1.82) is 0 Å². The normalized spacial score (nSPS) is 31.0. The number of carbonyl (C=O) groups excluding carboxylic acids is 2. The first-order chi connectivity index (χ1) is 10.7. The number of aliphatic hydroxyl groups excluding tert-OH is 1. The molecule has 2 rings (SSSR count). The molecule has 2 heterocycles. The first-order valence-corrected chi connectivity index (χ1v) is 7.77. The number of nitrogens with two attached hydrogens (primary N) is 2. The molecule has 0 spiro atoms. The minimum Gasteiger partial charge on any atom is -0.508 e. The molecule has 23 heavy (non-hydrogen) atoms. The van der Waals surface area contributed by atoms with Crippen LogP contribution in [0.25, 0.3) is 0 Å². The van der Waals surface area contributed by atoms with Crippen molar-refractivity contribution in [1.82, 2.24) is 4.90 Å². The molecule has 1 unspecified atom stereocenters. The van der Waals surface area contributed by atoms with E-state index >= 15 is 0 Å². The van der Waals surface area contributed by atoms with Crippen molar-refractivity contribution in [2.24, 2.45) is 17.4 Å². The molecule has 2 saturated heterocycles. The van der Waals surface area contributed by atoms with Gasteiger partial charge in [-0.25, -0.2) is 0 Å². The summed E-state index contributed by atoms with van der Waals surface area (Å²) in [4.78, 5) is 25.8. The summed E-state index contributed by atoms with van der Waals surface area (Å²) in [5.41, 5.74) is 7.86. The quantitative estimate of drug-likeness (QED) is 0.331. The molecule has 2 aliphatic rings. The van der Waals surface area contributed by atoms with Crippen LogP contribution in [0.4, 0.5) is 0 Å². The van der Waals surface area contributed by atoms with Gasteiger partial charge in [-0.1, -0.05) is 6.42 Å². The van der Waals surface area contributed by atoms with Crippen LogP contribution in [0.2, 0.25) is 6.32 Å². The summed E-state index contributed by atoms with van der Waals surface area (Å²) in [6, 6.07) is 0. The first kappa shape index (κ1) is 18.1.